The lowest BCUT2D eigenvalue weighted by Crippen LogP contribution is -2.40. The molecule has 1 aliphatic heterocycles. The van der Waals surface area contributed by atoms with Gasteiger partial charge in [-0.05, 0) is 50.1 Å². The number of nitrogens with one attached hydrogen (secondary N) is 1. The van der Waals surface area contributed by atoms with Crippen LogP contribution in [-0.2, 0) is 17.8 Å². The standard InChI is InChI=1S/C18H24FN5O/c1-13-3-4-15(19)9-14(13)10-18(25)23-7-5-17(6-8-23)24-12-16(11-20-2)21-22-24/h3-4,9,12,17,20H,5-8,10-11H2,1-2H3. The first kappa shape index (κ1) is 17.5. The number of amides is 1. The monoisotopic (exact) mass is 345 g/mol. The SMILES string of the molecule is CNCc1cn(C2CCN(C(=O)Cc3cc(F)ccc3C)CC2)nn1. The largest absolute Gasteiger partial charge is 0.342 e. The van der Waals surface area contributed by atoms with E-state index in [1.54, 1.807) is 6.07 Å². The van der Waals surface area contributed by atoms with Crippen LogP contribution < -0.4 is 5.32 Å². The van der Waals surface area contributed by atoms with E-state index in [0.717, 1.165) is 29.7 Å². The number of halogens is 1. The number of hydrogen-bond donors (Lipinski definition) is 1. The van der Waals surface area contributed by atoms with Gasteiger partial charge in [-0.3, -0.25) is 4.79 Å². The number of rotatable bonds is 5. The summed E-state index contributed by atoms with van der Waals surface area (Å²) in [6.07, 6.45) is 3.94. The number of carbonyl (C=O) groups is 1. The third-order valence-corrected chi connectivity index (χ3v) is 4.76. The van der Waals surface area contributed by atoms with Crippen molar-refractivity contribution < 1.29 is 9.18 Å². The minimum absolute atomic E-state index is 0.0570. The van der Waals surface area contributed by atoms with E-state index in [1.165, 1.54) is 12.1 Å². The maximum absolute atomic E-state index is 13.4. The summed E-state index contributed by atoms with van der Waals surface area (Å²) in [4.78, 5) is 14.4. The number of likely N-dealkylation sites (tertiary alicyclic amines) is 1. The van der Waals surface area contributed by atoms with Crippen molar-refractivity contribution in [3.8, 4) is 0 Å². The lowest BCUT2D eigenvalue weighted by Gasteiger charge is -2.32. The number of benzene rings is 1. The van der Waals surface area contributed by atoms with Gasteiger partial charge in [0.2, 0.25) is 5.91 Å². The zero-order valence-electron chi connectivity index (χ0n) is 14.7. The molecule has 0 aliphatic carbocycles. The topological polar surface area (TPSA) is 63.1 Å². The van der Waals surface area contributed by atoms with Crippen LogP contribution in [0.15, 0.2) is 24.4 Å². The fourth-order valence-electron chi connectivity index (χ4n) is 3.24. The van der Waals surface area contributed by atoms with Gasteiger partial charge in [-0.25, -0.2) is 9.07 Å². The summed E-state index contributed by atoms with van der Waals surface area (Å²) in [6, 6.07) is 4.88. The molecule has 6 nitrogen and oxygen atoms in total. The summed E-state index contributed by atoms with van der Waals surface area (Å²) < 4.78 is 15.3. The summed E-state index contributed by atoms with van der Waals surface area (Å²) in [7, 11) is 1.88. The number of piperidine rings is 1. The molecular formula is C18H24FN5O. The molecule has 1 saturated heterocycles. The summed E-state index contributed by atoms with van der Waals surface area (Å²) in [5, 5.41) is 11.4. The number of hydrogen-bond acceptors (Lipinski definition) is 4. The Morgan fingerprint density at radius 2 is 2.12 bits per heavy atom. The van der Waals surface area contributed by atoms with Crippen LogP contribution >= 0.6 is 0 Å². The summed E-state index contributed by atoms with van der Waals surface area (Å²) >= 11 is 0. The molecule has 0 atom stereocenters. The molecule has 0 bridgehead atoms. The van der Waals surface area contributed by atoms with E-state index < -0.39 is 0 Å². The van der Waals surface area contributed by atoms with E-state index in [0.29, 0.717) is 19.6 Å². The van der Waals surface area contributed by atoms with Crippen LogP contribution in [0.4, 0.5) is 4.39 Å². The minimum atomic E-state index is -0.296. The van der Waals surface area contributed by atoms with E-state index in [9.17, 15) is 9.18 Å². The Labute approximate surface area is 147 Å². The van der Waals surface area contributed by atoms with Crippen LogP contribution in [0.1, 0.15) is 35.7 Å². The van der Waals surface area contributed by atoms with E-state index in [2.05, 4.69) is 15.6 Å². The second kappa shape index (κ2) is 7.74. The predicted molar refractivity (Wildman–Crippen MR) is 92.5 cm³/mol. The van der Waals surface area contributed by atoms with Crippen LogP contribution in [0.25, 0.3) is 0 Å². The first-order valence-electron chi connectivity index (χ1n) is 8.65. The van der Waals surface area contributed by atoms with Crippen molar-refractivity contribution in [3.63, 3.8) is 0 Å². The van der Waals surface area contributed by atoms with Crippen molar-refractivity contribution in [2.24, 2.45) is 0 Å². The van der Waals surface area contributed by atoms with Gasteiger partial charge < -0.3 is 10.2 Å². The third kappa shape index (κ3) is 4.22. The highest BCUT2D eigenvalue weighted by atomic mass is 19.1. The molecule has 1 amide bonds. The fourth-order valence-corrected chi connectivity index (χ4v) is 3.24. The summed E-state index contributed by atoms with van der Waals surface area (Å²) in [5.41, 5.74) is 2.63. The quantitative estimate of drug-likeness (QED) is 0.898. The maximum Gasteiger partial charge on any atom is 0.227 e. The Bertz CT molecular complexity index is 737. The van der Waals surface area contributed by atoms with Crippen LogP contribution in [0.2, 0.25) is 0 Å². The number of aromatic nitrogens is 3. The van der Waals surface area contributed by atoms with Crippen molar-refractivity contribution in [2.45, 2.75) is 38.8 Å². The van der Waals surface area contributed by atoms with Crippen molar-refractivity contribution >= 4 is 5.91 Å². The molecule has 2 heterocycles. The van der Waals surface area contributed by atoms with Gasteiger partial charge in [0.05, 0.1) is 24.4 Å². The van der Waals surface area contributed by atoms with Crippen molar-refractivity contribution in [1.29, 1.82) is 0 Å². The average Bonchev–Trinajstić information content (AvgIpc) is 3.07. The first-order valence-corrected chi connectivity index (χ1v) is 8.65. The zero-order chi connectivity index (χ0) is 17.8. The van der Waals surface area contributed by atoms with Gasteiger partial charge in [0.1, 0.15) is 5.82 Å². The summed E-state index contributed by atoms with van der Waals surface area (Å²) in [5.74, 6) is -0.239. The lowest BCUT2D eigenvalue weighted by atomic mass is 10.0. The molecular weight excluding hydrogens is 321 g/mol. The molecule has 1 aromatic carbocycles. The Balaban J connectivity index is 1.56. The molecule has 1 aliphatic rings. The molecule has 1 fully saturated rings. The molecule has 7 heteroatoms. The van der Waals surface area contributed by atoms with Gasteiger partial charge in [0.15, 0.2) is 0 Å². The van der Waals surface area contributed by atoms with Crippen molar-refractivity contribution in [2.75, 3.05) is 20.1 Å². The lowest BCUT2D eigenvalue weighted by molar-refractivity contribution is -0.131. The molecule has 1 aromatic heterocycles. The van der Waals surface area contributed by atoms with Gasteiger partial charge in [-0.1, -0.05) is 11.3 Å². The highest BCUT2D eigenvalue weighted by Crippen LogP contribution is 2.22. The molecule has 0 saturated carbocycles. The normalized spacial score (nSPS) is 15.6. The Morgan fingerprint density at radius 3 is 2.84 bits per heavy atom. The minimum Gasteiger partial charge on any atom is -0.342 e. The highest BCUT2D eigenvalue weighted by molar-refractivity contribution is 5.79. The predicted octanol–water partition coefficient (Wildman–Crippen LogP) is 1.85. The zero-order valence-corrected chi connectivity index (χ0v) is 14.7. The first-order chi connectivity index (χ1) is 12.1. The number of aryl methyl sites for hydroxylation is 1. The van der Waals surface area contributed by atoms with E-state index in [-0.39, 0.29) is 24.2 Å². The van der Waals surface area contributed by atoms with Gasteiger partial charge in [0.25, 0.3) is 0 Å². The Hall–Kier alpha value is -2.28. The number of carbonyl (C=O) groups excluding carboxylic acids is 1. The van der Waals surface area contributed by atoms with E-state index in [4.69, 9.17) is 0 Å². The molecule has 2 aromatic rings. The smallest absolute Gasteiger partial charge is 0.227 e. The van der Waals surface area contributed by atoms with Crippen molar-refractivity contribution in [3.05, 3.63) is 47.0 Å². The van der Waals surface area contributed by atoms with E-state index >= 15 is 0 Å². The Morgan fingerprint density at radius 1 is 1.36 bits per heavy atom. The van der Waals surface area contributed by atoms with E-state index in [1.807, 2.05) is 29.7 Å². The maximum atomic E-state index is 13.4. The fraction of sp³-hybridized carbons (Fsp3) is 0.500. The third-order valence-electron chi connectivity index (χ3n) is 4.76. The van der Waals surface area contributed by atoms with Crippen molar-refractivity contribution in [1.82, 2.24) is 25.2 Å². The molecule has 134 valence electrons. The average molecular weight is 345 g/mol. The second-order valence-corrected chi connectivity index (χ2v) is 6.58. The molecule has 1 N–H and O–H groups in total. The van der Waals surface area contributed by atoms with Gasteiger partial charge >= 0.3 is 0 Å². The van der Waals surface area contributed by atoms with Crippen LogP contribution in [0.5, 0.6) is 0 Å². The van der Waals surface area contributed by atoms with Gasteiger partial charge in [-0.2, -0.15) is 0 Å². The molecule has 0 spiro atoms. The summed E-state index contributed by atoms with van der Waals surface area (Å²) in [6.45, 7) is 3.99. The molecule has 0 radical (unpaired) electrons. The van der Waals surface area contributed by atoms with Crippen LogP contribution in [0.3, 0.4) is 0 Å². The molecule has 25 heavy (non-hydrogen) atoms. The number of nitrogens with zero attached hydrogens (tertiary/aromatic N) is 4. The highest BCUT2D eigenvalue weighted by Gasteiger charge is 2.25. The second-order valence-electron chi connectivity index (χ2n) is 6.58. The van der Waals surface area contributed by atoms with Gasteiger partial charge in [-0.15, -0.1) is 5.10 Å². The molecule has 0 unspecified atom stereocenters. The Kier molecular flexibility index (Phi) is 5.43. The van der Waals surface area contributed by atoms with Gasteiger partial charge in [0, 0.05) is 19.6 Å². The van der Waals surface area contributed by atoms with Crippen LogP contribution in [-0.4, -0.2) is 45.9 Å². The molecule has 3 rings (SSSR count). The van der Waals surface area contributed by atoms with Crippen LogP contribution in [0, 0.1) is 12.7 Å².